The number of nitrogens with one attached hydrogen (secondary N) is 1. The second-order valence-electron chi connectivity index (χ2n) is 3.70. The van der Waals surface area contributed by atoms with E-state index in [2.05, 4.69) is 10.2 Å². The second-order valence-corrected chi connectivity index (χ2v) is 3.70. The molecule has 1 amide bonds. The summed E-state index contributed by atoms with van der Waals surface area (Å²) in [6.07, 6.45) is 1.31. The summed E-state index contributed by atoms with van der Waals surface area (Å²) >= 11 is 0. The molecule has 1 aliphatic heterocycles. The molecule has 15 heavy (non-hydrogen) atoms. The number of nitrogens with zero attached hydrogens (tertiary/aromatic N) is 1. The molecule has 0 aromatic rings. The Kier molecular flexibility index (Phi) is 6.31. The van der Waals surface area contributed by atoms with Crippen LogP contribution < -0.4 is 11.1 Å². The van der Waals surface area contributed by atoms with E-state index in [0.29, 0.717) is 13.0 Å². The Morgan fingerprint density at radius 3 is 2.80 bits per heavy atom. The fourth-order valence-corrected chi connectivity index (χ4v) is 1.53. The summed E-state index contributed by atoms with van der Waals surface area (Å²) in [5, 5.41) is 2.89. The lowest BCUT2D eigenvalue weighted by Gasteiger charge is -2.26. The first-order valence-corrected chi connectivity index (χ1v) is 5.60. The summed E-state index contributed by atoms with van der Waals surface area (Å²) in [5.74, 6) is 0.105. The van der Waals surface area contributed by atoms with Crippen molar-refractivity contribution in [2.45, 2.75) is 12.8 Å². The molecule has 0 radical (unpaired) electrons. The van der Waals surface area contributed by atoms with Crippen LogP contribution in [-0.4, -0.2) is 56.7 Å². The number of amides is 1. The number of carbonyl (C=O) groups excluding carboxylic acids is 1. The number of rotatable bonds is 6. The molecule has 1 rings (SSSR count). The Labute approximate surface area is 90.9 Å². The van der Waals surface area contributed by atoms with Crippen molar-refractivity contribution in [1.82, 2.24) is 10.2 Å². The summed E-state index contributed by atoms with van der Waals surface area (Å²) in [6.45, 7) is 5.78. The maximum atomic E-state index is 11.2. The largest absolute Gasteiger partial charge is 0.379 e. The molecule has 0 bridgehead atoms. The van der Waals surface area contributed by atoms with Gasteiger partial charge in [-0.15, -0.1) is 0 Å². The Balaban J connectivity index is 1.97. The van der Waals surface area contributed by atoms with Crippen molar-refractivity contribution in [3.63, 3.8) is 0 Å². The molecule has 0 unspecified atom stereocenters. The lowest BCUT2D eigenvalue weighted by Crippen LogP contribution is -2.41. The number of carbonyl (C=O) groups is 1. The lowest BCUT2D eigenvalue weighted by atomic mass is 10.3. The molecule has 88 valence electrons. The summed E-state index contributed by atoms with van der Waals surface area (Å²) < 4.78 is 5.24. The predicted octanol–water partition coefficient (Wildman–Crippen LogP) is -0.826. The van der Waals surface area contributed by atoms with Gasteiger partial charge in [-0.05, 0) is 13.0 Å². The number of hydrogen-bond acceptors (Lipinski definition) is 4. The minimum Gasteiger partial charge on any atom is -0.379 e. The first-order valence-electron chi connectivity index (χ1n) is 5.60. The summed E-state index contributed by atoms with van der Waals surface area (Å²) in [5.41, 5.74) is 5.32. The molecule has 0 aromatic heterocycles. The van der Waals surface area contributed by atoms with Gasteiger partial charge in [-0.25, -0.2) is 0 Å². The summed E-state index contributed by atoms with van der Waals surface area (Å²) in [6, 6.07) is 0. The van der Waals surface area contributed by atoms with Gasteiger partial charge in [0.05, 0.1) is 13.2 Å². The molecule has 1 heterocycles. The van der Waals surface area contributed by atoms with Gasteiger partial charge < -0.3 is 15.8 Å². The van der Waals surface area contributed by atoms with Crippen molar-refractivity contribution < 1.29 is 9.53 Å². The number of hydrogen-bond donors (Lipinski definition) is 2. The molecule has 1 aliphatic rings. The number of nitrogens with two attached hydrogens (primary N) is 1. The van der Waals surface area contributed by atoms with E-state index in [4.69, 9.17) is 10.5 Å². The van der Waals surface area contributed by atoms with Crippen LogP contribution in [-0.2, 0) is 9.53 Å². The zero-order chi connectivity index (χ0) is 10.9. The van der Waals surface area contributed by atoms with E-state index in [1.165, 1.54) is 0 Å². The molecule has 0 spiro atoms. The molecular formula is C10H21N3O2. The third kappa shape index (κ3) is 5.71. The van der Waals surface area contributed by atoms with Crippen molar-refractivity contribution >= 4 is 5.91 Å². The Morgan fingerprint density at radius 2 is 2.13 bits per heavy atom. The fraction of sp³-hybridized carbons (Fsp3) is 0.900. The SMILES string of the molecule is NCCCC(=O)NCCN1CCOCC1. The molecular weight excluding hydrogens is 194 g/mol. The average Bonchev–Trinajstić information content (AvgIpc) is 2.28. The Morgan fingerprint density at radius 1 is 1.40 bits per heavy atom. The third-order valence-corrected chi connectivity index (χ3v) is 2.46. The van der Waals surface area contributed by atoms with Gasteiger partial charge in [0.25, 0.3) is 0 Å². The molecule has 0 atom stereocenters. The molecule has 0 saturated carbocycles. The van der Waals surface area contributed by atoms with Crippen molar-refractivity contribution in [2.75, 3.05) is 45.9 Å². The smallest absolute Gasteiger partial charge is 0.220 e. The first-order chi connectivity index (χ1) is 7.33. The van der Waals surface area contributed by atoms with Crippen LogP contribution in [0.15, 0.2) is 0 Å². The first kappa shape index (κ1) is 12.4. The summed E-state index contributed by atoms with van der Waals surface area (Å²) in [7, 11) is 0. The van der Waals surface area contributed by atoms with E-state index in [1.54, 1.807) is 0 Å². The standard InChI is InChI=1S/C10H21N3O2/c11-3-1-2-10(14)12-4-5-13-6-8-15-9-7-13/h1-9,11H2,(H,12,14). The Hall–Kier alpha value is -0.650. The van der Waals surface area contributed by atoms with Gasteiger partial charge in [0, 0.05) is 32.6 Å². The number of ether oxygens (including phenoxy) is 1. The maximum absolute atomic E-state index is 11.2. The van der Waals surface area contributed by atoms with Crippen molar-refractivity contribution in [2.24, 2.45) is 5.73 Å². The molecule has 5 nitrogen and oxygen atoms in total. The second kappa shape index (κ2) is 7.62. The quantitative estimate of drug-likeness (QED) is 0.607. The van der Waals surface area contributed by atoms with E-state index in [9.17, 15) is 4.79 Å². The van der Waals surface area contributed by atoms with E-state index in [-0.39, 0.29) is 5.91 Å². The van der Waals surface area contributed by atoms with Crippen molar-refractivity contribution in [3.05, 3.63) is 0 Å². The molecule has 1 saturated heterocycles. The highest BCUT2D eigenvalue weighted by Crippen LogP contribution is 1.94. The zero-order valence-electron chi connectivity index (χ0n) is 9.21. The van der Waals surface area contributed by atoms with Gasteiger partial charge in [0.1, 0.15) is 0 Å². The Bertz CT molecular complexity index is 182. The van der Waals surface area contributed by atoms with Gasteiger partial charge in [-0.3, -0.25) is 9.69 Å². The van der Waals surface area contributed by atoms with Crippen LogP contribution in [0.1, 0.15) is 12.8 Å². The minimum atomic E-state index is 0.105. The average molecular weight is 215 g/mol. The zero-order valence-corrected chi connectivity index (χ0v) is 9.21. The van der Waals surface area contributed by atoms with Gasteiger partial charge in [0.2, 0.25) is 5.91 Å². The highest BCUT2D eigenvalue weighted by Gasteiger charge is 2.09. The van der Waals surface area contributed by atoms with Crippen LogP contribution in [0.4, 0.5) is 0 Å². The fourth-order valence-electron chi connectivity index (χ4n) is 1.53. The van der Waals surface area contributed by atoms with E-state index in [0.717, 1.165) is 45.8 Å². The topological polar surface area (TPSA) is 67.6 Å². The molecule has 5 heteroatoms. The van der Waals surface area contributed by atoms with E-state index in [1.807, 2.05) is 0 Å². The van der Waals surface area contributed by atoms with Gasteiger partial charge >= 0.3 is 0 Å². The van der Waals surface area contributed by atoms with Crippen LogP contribution in [0.25, 0.3) is 0 Å². The van der Waals surface area contributed by atoms with Crippen LogP contribution in [0, 0.1) is 0 Å². The maximum Gasteiger partial charge on any atom is 0.220 e. The minimum absolute atomic E-state index is 0.105. The molecule has 3 N–H and O–H groups in total. The normalized spacial score (nSPS) is 17.7. The number of morpholine rings is 1. The van der Waals surface area contributed by atoms with Crippen LogP contribution in [0.3, 0.4) is 0 Å². The molecule has 0 aromatic carbocycles. The van der Waals surface area contributed by atoms with Crippen LogP contribution in [0.2, 0.25) is 0 Å². The van der Waals surface area contributed by atoms with Crippen LogP contribution >= 0.6 is 0 Å². The summed E-state index contributed by atoms with van der Waals surface area (Å²) in [4.78, 5) is 13.5. The van der Waals surface area contributed by atoms with E-state index < -0.39 is 0 Å². The predicted molar refractivity (Wildman–Crippen MR) is 58.6 cm³/mol. The monoisotopic (exact) mass is 215 g/mol. The van der Waals surface area contributed by atoms with Gasteiger partial charge in [0.15, 0.2) is 0 Å². The van der Waals surface area contributed by atoms with Crippen molar-refractivity contribution in [3.8, 4) is 0 Å². The highest BCUT2D eigenvalue weighted by atomic mass is 16.5. The van der Waals surface area contributed by atoms with Crippen LogP contribution in [0.5, 0.6) is 0 Å². The molecule has 1 fully saturated rings. The highest BCUT2D eigenvalue weighted by molar-refractivity contribution is 5.75. The van der Waals surface area contributed by atoms with Gasteiger partial charge in [-0.1, -0.05) is 0 Å². The third-order valence-electron chi connectivity index (χ3n) is 2.46. The van der Waals surface area contributed by atoms with E-state index >= 15 is 0 Å². The lowest BCUT2D eigenvalue weighted by molar-refractivity contribution is -0.121. The molecule has 0 aliphatic carbocycles. The van der Waals surface area contributed by atoms with Gasteiger partial charge in [-0.2, -0.15) is 0 Å². The van der Waals surface area contributed by atoms with Crippen molar-refractivity contribution in [1.29, 1.82) is 0 Å².